The van der Waals surface area contributed by atoms with Crippen molar-refractivity contribution in [2.45, 2.75) is 90.3 Å². The van der Waals surface area contributed by atoms with Crippen molar-refractivity contribution in [2.24, 2.45) is 0 Å². The molecule has 1 aromatic heterocycles. The van der Waals surface area contributed by atoms with Gasteiger partial charge in [0.05, 0.1) is 31.5 Å². The molecule has 0 saturated carbocycles. The molecule has 1 saturated heterocycles. The standard InChI is InChI=1S/C39H46O7/c1-3-42-38(40)28(2)45-39(41)31-19-17-30(18-20-31)37-26-35-34(15-13-16-36(35)46-37)29-21-23-32(24-22-29)43-25-12-10-8-6-4-5-7-9-11-14-33-27-44-33/h13,15-24,26,28,33H,3-12,14,25,27H2,1-2H3. The van der Waals surface area contributed by atoms with Gasteiger partial charge in [-0.2, -0.15) is 0 Å². The Labute approximate surface area is 272 Å². The zero-order valence-corrected chi connectivity index (χ0v) is 27.1. The average Bonchev–Trinajstić information content (AvgIpc) is 3.80. The van der Waals surface area contributed by atoms with Crippen molar-refractivity contribution < 1.29 is 33.0 Å². The Balaban J connectivity index is 1.08. The molecule has 3 aromatic carbocycles. The van der Waals surface area contributed by atoms with Crippen LogP contribution in [0.15, 0.2) is 77.2 Å². The molecule has 0 aliphatic carbocycles. The molecule has 1 aliphatic heterocycles. The fourth-order valence-electron chi connectivity index (χ4n) is 5.63. The summed E-state index contributed by atoms with van der Waals surface area (Å²) in [6.07, 6.45) is 12.5. The van der Waals surface area contributed by atoms with Crippen LogP contribution in [-0.2, 0) is 19.0 Å². The fraction of sp³-hybridized carbons (Fsp3) is 0.436. The largest absolute Gasteiger partial charge is 0.494 e. The predicted octanol–water partition coefficient (Wildman–Crippen LogP) is 9.55. The van der Waals surface area contributed by atoms with Crippen LogP contribution in [0.5, 0.6) is 5.75 Å². The number of hydrogen-bond acceptors (Lipinski definition) is 7. The molecule has 0 amide bonds. The van der Waals surface area contributed by atoms with E-state index in [-0.39, 0.29) is 6.61 Å². The third-order valence-electron chi connectivity index (χ3n) is 8.38. The Kier molecular flexibility index (Phi) is 12.3. The topological polar surface area (TPSA) is 87.5 Å². The summed E-state index contributed by atoms with van der Waals surface area (Å²) in [6, 6.07) is 23.2. The Morgan fingerprint density at radius 1 is 0.826 bits per heavy atom. The number of benzene rings is 3. The van der Waals surface area contributed by atoms with E-state index in [1.165, 1.54) is 64.7 Å². The lowest BCUT2D eigenvalue weighted by atomic mass is 10.0. The minimum absolute atomic E-state index is 0.229. The summed E-state index contributed by atoms with van der Waals surface area (Å²) in [5, 5.41) is 1.01. The van der Waals surface area contributed by atoms with Gasteiger partial charge in [0.1, 0.15) is 17.1 Å². The first kappa shape index (κ1) is 33.3. The van der Waals surface area contributed by atoms with Gasteiger partial charge in [0, 0.05) is 10.9 Å². The first-order chi connectivity index (χ1) is 22.5. The number of furan rings is 1. The molecule has 2 heterocycles. The SMILES string of the molecule is CCOC(=O)C(C)OC(=O)c1ccc(-c2cc3c(-c4ccc(OCCCCCCCCCCCC5CO5)cc4)cccc3o2)cc1. The maximum absolute atomic E-state index is 12.5. The van der Waals surface area contributed by atoms with Gasteiger partial charge in [0.15, 0.2) is 6.10 Å². The predicted molar refractivity (Wildman–Crippen MR) is 180 cm³/mol. The Morgan fingerprint density at radius 3 is 2.15 bits per heavy atom. The molecule has 7 nitrogen and oxygen atoms in total. The van der Waals surface area contributed by atoms with Crippen molar-refractivity contribution in [3.8, 4) is 28.2 Å². The summed E-state index contributed by atoms with van der Waals surface area (Å²) in [7, 11) is 0. The molecule has 4 aromatic rings. The van der Waals surface area contributed by atoms with Gasteiger partial charge in [-0.1, -0.05) is 87.8 Å². The monoisotopic (exact) mass is 626 g/mol. The highest BCUT2D eigenvalue weighted by Crippen LogP contribution is 2.35. The molecule has 0 radical (unpaired) electrons. The van der Waals surface area contributed by atoms with Crippen LogP contribution in [0.1, 0.15) is 88.4 Å². The smallest absolute Gasteiger partial charge is 0.347 e. The van der Waals surface area contributed by atoms with E-state index in [4.69, 9.17) is 23.4 Å². The van der Waals surface area contributed by atoms with E-state index in [9.17, 15) is 9.59 Å². The second-order valence-electron chi connectivity index (χ2n) is 12.0. The molecule has 0 N–H and O–H groups in total. The minimum Gasteiger partial charge on any atom is -0.494 e. The van der Waals surface area contributed by atoms with Gasteiger partial charge in [-0.3, -0.25) is 0 Å². The number of carbonyl (C=O) groups is 2. The molecule has 5 rings (SSSR count). The molecule has 2 atom stereocenters. The Bertz CT molecular complexity index is 1530. The number of unbranched alkanes of at least 4 members (excludes halogenated alkanes) is 8. The van der Waals surface area contributed by atoms with E-state index >= 15 is 0 Å². The molecule has 2 unspecified atom stereocenters. The van der Waals surface area contributed by atoms with Crippen molar-refractivity contribution in [3.63, 3.8) is 0 Å². The summed E-state index contributed by atoms with van der Waals surface area (Å²) in [5.41, 5.74) is 4.11. The van der Waals surface area contributed by atoms with Gasteiger partial charge < -0.3 is 23.4 Å². The van der Waals surface area contributed by atoms with E-state index in [1.54, 1.807) is 19.1 Å². The molecule has 1 aliphatic rings. The highest BCUT2D eigenvalue weighted by molar-refractivity contribution is 5.97. The maximum atomic E-state index is 12.5. The second-order valence-corrected chi connectivity index (χ2v) is 12.0. The highest BCUT2D eigenvalue weighted by Gasteiger charge is 2.21. The summed E-state index contributed by atoms with van der Waals surface area (Å²) in [4.78, 5) is 24.3. The third-order valence-corrected chi connectivity index (χ3v) is 8.38. The number of rotatable bonds is 19. The minimum atomic E-state index is -0.973. The molecule has 0 spiro atoms. The average molecular weight is 627 g/mol. The fourth-order valence-corrected chi connectivity index (χ4v) is 5.63. The molecule has 46 heavy (non-hydrogen) atoms. The van der Waals surface area contributed by atoms with Gasteiger partial charge in [0.25, 0.3) is 0 Å². The number of carbonyl (C=O) groups excluding carboxylic acids is 2. The van der Waals surface area contributed by atoms with Gasteiger partial charge in [-0.25, -0.2) is 9.59 Å². The first-order valence-electron chi connectivity index (χ1n) is 16.9. The van der Waals surface area contributed by atoms with Crippen LogP contribution < -0.4 is 4.74 Å². The molecule has 7 heteroatoms. The number of esters is 2. The van der Waals surface area contributed by atoms with E-state index in [0.29, 0.717) is 17.4 Å². The van der Waals surface area contributed by atoms with Crippen LogP contribution in [-0.4, -0.2) is 44.0 Å². The molecular weight excluding hydrogens is 580 g/mol. The lowest BCUT2D eigenvalue weighted by molar-refractivity contribution is -0.152. The zero-order chi connectivity index (χ0) is 32.1. The van der Waals surface area contributed by atoms with E-state index in [2.05, 4.69) is 18.2 Å². The summed E-state index contributed by atoms with van der Waals surface area (Å²) < 4.78 is 27.6. The van der Waals surface area contributed by atoms with Crippen LogP contribution >= 0.6 is 0 Å². The van der Waals surface area contributed by atoms with Crippen LogP contribution in [0, 0.1) is 0 Å². The van der Waals surface area contributed by atoms with E-state index in [1.807, 2.05) is 42.5 Å². The third kappa shape index (κ3) is 9.70. The van der Waals surface area contributed by atoms with Gasteiger partial charge in [0.2, 0.25) is 0 Å². The maximum Gasteiger partial charge on any atom is 0.347 e. The van der Waals surface area contributed by atoms with Gasteiger partial charge in [-0.05, 0) is 74.2 Å². The summed E-state index contributed by atoms with van der Waals surface area (Å²) >= 11 is 0. The number of epoxide rings is 1. The summed E-state index contributed by atoms with van der Waals surface area (Å²) in [5.74, 6) is 0.428. The molecule has 1 fully saturated rings. The summed E-state index contributed by atoms with van der Waals surface area (Å²) in [6.45, 7) is 5.16. The lowest BCUT2D eigenvalue weighted by Crippen LogP contribution is -2.26. The normalized spacial score (nSPS) is 14.6. The van der Waals surface area contributed by atoms with Crippen molar-refractivity contribution in [1.29, 1.82) is 0 Å². The van der Waals surface area contributed by atoms with Gasteiger partial charge >= 0.3 is 11.9 Å². The van der Waals surface area contributed by atoms with Crippen LogP contribution in [0.3, 0.4) is 0 Å². The van der Waals surface area contributed by atoms with Crippen molar-refractivity contribution >= 4 is 22.9 Å². The number of ether oxygens (including phenoxy) is 4. The van der Waals surface area contributed by atoms with E-state index in [0.717, 1.165) is 53.0 Å². The second kappa shape index (κ2) is 17.0. The first-order valence-corrected chi connectivity index (χ1v) is 16.9. The van der Waals surface area contributed by atoms with Crippen LogP contribution in [0.2, 0.25) is 0 Å². The highest BCUT2D eigenvalue weighted by atomic mass is 16.6. The number of hydrogen-bond donors (Lipinski definition) is 0. The Morgan fingerprint density at radius 2 is 1.48 bits per heavy atom. The quantitative estimate of drug-likeness (QED) is 0.0582. The van der Waals surface area contributed by atoms with Gasteiger partial charge in [-0.15, -0.1) is 0 Å². The molecular formula is C39H46O7. The zero-order valence-electron chi connectivity index (χ0n) is 27.1. The lowest BCUT2D eigenvalue weighted by Gasteiger charge is -2.12. The molecule has 0 bridgehead atoms. The van der Waals surface area contributed by atoms with Crippen molar-refractivity contribution in [1.82, 2.24) is 0 Å². The van der Waals surface area contributed by atoms with Crippen molar-refractivity contribution in [2.75, 3.05) is 19.8 Å². The van der Waals surface area contributed by atoms with Crippen LogP contribution in [0.4, 0.5) is 0 Å². The van der Waals surface area contributed by atoms with Crippen LogP contribution in [0.25, 0.3) is 33.4 Å². The Hall–Kier alpha value is -4.10. The number of fused-ring (bicyclic) bond motifs is 1. The molecule has 244 valence electrons. The van der Waals surface area contributed by atoms with E-state index < -0.39 is 18.0 Å². The van der Waals surface area contributed by atoms with Crippen molar-refractivity contribution in [3.05, 3.63) is 78.4 Å².